The number of anilines is 2. The van der Waals surface area contributed by atoms with Gasteiger partial charge in [0.2, 0.25) is 11.8 Å². The molecule has 7 heteroatoms. The van der Waals surface area contributed by atoms with E-state index in [9.17, 15) is 9.59 Å². The van der Waals surface area contributed by atoms with Crippen molar-refractivity contribution in [1.29, 1.82) is 0 Å². The summed E-state index contributed by atoms with van der Waals surface area (Å²) in [4.78, 5) is 23.8. The van der Waals surface area contributed by atoms with Gasteiger partial charge in [0, 0.05) is 34.6 Å². The number of nitrogens with zero attached hydrogens (tertiary/aromatic N) is 2. The van der Waals surface area contributed by atoms with Crippen molar-refractivity contribution >= 4 is 34.8 Å². The number of rotatable bonds is 5. The average molecular weight is 411 g/mol. The molecular formula is C22H23ClN4O2. The molecule has 0 fully saturated rings. The number of benzene rings is 2. The largest absolute Gasteiger partial charge is 0.326 e. The van der Waals surface area contributed by atoms with Gasteiger partial charge in [0.25, 0.3) is 0 Å². The average Bonchev–Trinajstić information content (AvgIpc) is 2.92. The topological polar surface area (TPSA) is 76.0 Å². The molecule has 2 aromatic carbocycles. The fraction of sp³-hybridized carbons (Fsp3) is 0.227. The number of carbonyl (C=O) groups excluding carboxylic acids is 2. The lowest BCUT2D eigenvalue weighted by molar-refractivity contribution is -0.116. The van der Waals surface area contributed by atoms with Gasteiger partial charge >= 0.3 is 0 Å². The first-order valence-corrected chi connectivity index (χ1v) is 9.61. The van der Waals surface area contributed by atoms with E-state index in [1.807, 2.05) is 55.8 Å². The Morgan fingerprint density at radius 1 is 1.03 bits per heavy atom. The summed E-state index contributed by atoms with van der Waals surface area (Å²) < 4.78 is 1.82. The second-order valence-electron chi connectivity index (χ2n) is 6.97. The number of nitrogens with one attached hydrogen (secondary N) is 2. The first-order chi connectivity index (χ1) is 13.7. The van der Waals surface area contributed by atoms with E-state index >= 15 is 0 Å². The Labute approximate surface area is 174 Å². The number of carbonyl (C=O) groups is 2. The van der Waals surface area contributed by atoms with Gasteiger partial charge in [-0.15, -0.1) is 0 Å². The molecule has 0 aliphatic carbocycles. The molecule has 3 aromatic rings. The Hall–Kier alpha value is -3.12. The maximum atomic E-state index is 12.6. The van der Waals surface area contributed by atoms with Crippen molar-refractivity contribution in [2.75, 3.05) is 10.6 Å². The number of hydrogen-bond acceptors (Lipinski definition) is 3. The minimum absolute atomic E-state index is 0.126. The van der Waals surface area contributed by atoms with E-state index in [0.717, 1.165) is 33.9 Å². The van der Waals surface area contributed by atoms with Crippen LogP contribution in [-0.4, -0.2) is 21.6 Å². The summed E-state index contributed by atoms with van der Waals surface area (Å²) in [5, 5.41) is 10.9. The molecule has 0 unspecified atom stereocenters. The van der Waals surface area contributed by atoms with Gasteiger partial charge in [0.15, 0.2) is 0 Å². The van der Waals surface area contributed by atoms with E-state index in [0.29, 0.717) is 10.7 Å². The molecule has 0 bridgehead atoms. The van der Waals surface area contributed by atoms with Crippen LogP contribution in [0.5, 0.6) is 0 Å². The monoisotopic (exact) mass is 410 g/mol. The molecule has 1 aromatic heterocycles. The molecule has 0 saturated heterocycles. The molecule has 0 atom stereocenters. The lowest BCUT2D eigenvalue weighted by Crippen LogP contribution is -2.16. The van der Waals surface area contributed by atoms with E-state index < -0.39 is 0 Å². The van der Waals surface area contributed by atoms with E-state index in [1.54, 1.807) is 12.1 Å². The van der Waals surface area contributed by atoms with Crippen LogP contribution < -0.4 is 10.6 Å². The summed E-state index contributed by atoms with van der Waals surface area (Å²) >= 11 is 5.96. The summed E-state index contributed by atoms with van der Waals surface area (Å²) in [6, 6.07) is 12.8. The first kappa shape index (κ1) is 20.6. The zero-order chi connectivity index (χ0) is 21.1. The zero-order valence-corrected chi connectivity index (χ0v) is 17.6. The van der Waals surface area contributed by atoms with Crippen molar-refractivity contribution in [1.82, 2.24) is 9.78 Å². The number of amides is 2. The molecule has 1 heterocycles. The standard InChI is InChI=1S/C22H23ClN4O2/c1-13-11-18(7-10-21(13)24-16(4)28)25-22(29)12-20-14(2)26-27(15(20)3)19-8-5-17(23)6-9-19/h5-11H,12H2,1-4H3,(H,24,28)(H,25,29). The second kappa shape index (κ2) is 8.49. The molecule has 0 saturated carbocycles. The van der Waals surface area contributed by atoms with Gasteiger partial charge in [0.1, 0.15) is 0 Å². The zero-order valence-electron chi connectivity index (χ0n) is 16.8. The molecule has 0 aliphatic heterocycles. The minimum Gasteiger partial charge on any atom is -0.326 e. The fourth-order valence-corrected chi connectivity index (χ4v) is 3.33. The van der Waals surface area contributed by atoms with Gasteiger partial charge in [-0.2, -0.15) is 5.10 Å². The van der Waals surface area contributed by atoms with Crippen molar-refractivity contribution < 1.29 is 9.59 Å². The van der Waals surface area contributed by atoms with Crippen molar-refractivity contribution in [2.45, 2.75) is 34.1 Å². The van der Waals surface area contributed by atoms with Crippen LogP contribution in [0.1, 0.15) is 29.4 Å². The lowest BCUT2D eigenvalue weighted by Gasteiger charge is -2.10. The van der Waals surface area contributed by atoms with Gasteiger partial charge in [-0.1, -0.05) is 11.6 Å². The summed E-state index contributed by atoms with van der Waals surface area (Å²) in [5.41, 5.74) is 5.80. The van der Waals surface area contributed by atoms with E-state index in [-0.39, 0.29) is 18.2 Å². The van der Waals surface area contributed by atoms with E-state index in [4.69, 9.17) is 11.6 Å². The Bertz CT molecular complexity index is 1070. The van der Waals surface area contributed by atoms with Crippen molar-refractivity contribution in [3.05, 3.63) is 70.0 Å². The van der Waals surface area contributed by atoms with Gasteiger partial charge in [0.05, 0.1) is 17.8 Å². The smallest absolute Gasteiger partial charge is 0.228 e. The second-order valence-corrected chi connectivity index (χ2v) is 7.41. The van der Waals surface area contributed by atoms with Crippen molar-refractivity contribution in [3.63, 3.8) is 0 Å². The quantitative estimate of drug-likeness (QED) is 0.645. The molecule has 2 amide bonds. The number of aromatic nitrogens is 2. The SMILES string of the molecule is CC(=O)Nc1ccc(NC(=O)Cc2c(C)nn(-c3ccc(Cl)cc3)c2C)cc1C. The van der Waals surface area contributed by atoms with Crippen LogP contribution in [0.25, 0.3) is 5.69 Å². The van der Waals surface area contributed by atoms with Crippen LogP contribution >= 0.6 is 11.6 Å². The third-order valence-corrected chi connectivity index (χ3v) is 4.92. The Balaban J connectivity index is 1.75. The number of halogens is 1. The van der Waals surface area contributed by atoms with Crippen LogP contribution in [0, 0.1) is 20.8 Å². The highest BCUT2D eigenvalue weighted by Crippen LogP contribution is 2.22. The van der Waals surface area contributed by atoms with Crippen LogP contribution in [0.15, 0.2) is 42.5 Å². The van der Waals surface area contributed by atoms with Crippen molar-refractivity contribution in [3.8, 4) is 5.69 Å². The summed E-state index contributed by atoms with van der Waals surface area (Å²) in [6.07, 6.45) is 0.220. The normalized spacial score (nSPS) is 10.7. The molecule has 2 N–H and O–H groups in total. The summed E-state index contributed by atoms with van der Waals surface area (Å²) in [5.74, 6) is -0.257. The van der Waals surface area contributed by atoms with Gasteiger partial charge in [-0.3, -0.25) is 9.59 Å². The fourth-order valence-electron chi connectivity index (χ4n) is 3.20. The van der Waals surface area contributed by atoms with E-state index in [2.05, 4.69) is 15.7 Å². The maximum Gasteiger partial charge on any atom is 0.228 e. The third-order valence-electron chi connectivity index (χ3n) is 4.67. The maximum absolute atomic E-state index is 12.6. The van der Waals surface area contributed by atoms with Crippen LogP contribution in [0.4, 0.5) is 11.4 Å². The highest BCUT2D eigenvalue weighted by atomic mass is 35.5. The number of aryl methyl sites for hydroxylation is 2. The third kappa shape index (κ3) is 4.84. The van der Waals surface area contributed by atoms with Crippen molar-refractivity contribution in [2.24, 2.45) is 0 Å². The highest BCUT2D eigenvalue weighted by Gasteiger charge is 2.16. The molecular weight excluding hydrogens is 388 g/mol. The predicted molar refractivity (Wildman–Crippen MR) is 116 cm³/mol. The minimum atomic E-state index is -0.131. The first-order valence-electron chi connectivity index (χ1n) is 9.23. The van der Waals surface area contributed by atoms with Gasteiger partial charge in [-0.25, -0.2) is 4.68 Å². The Morgan fingerprint density at radius 3 is 2.34 bits per heavy atom. The van der Waals surface area contributed by atoms with Crippen LogP contribution in [0.3, 0.4) is 0 Å². The Morgan fingerprint density at radius 2 is 1.72 bits per heavy atom. The molecule has 6 nitrogen and oxygen atoms in total. The Kier molecular flexibility index (Phi) is 6.03. The molecule has 150 valence electrons. The molecule has 0 aliphatic rings. The summed E-state index contributed by atoms with van der Waals surface area (Å²) in [7, 11) is 0. The lowest BCUT2D eigenvalue weighted by atomic mass is 10.1. The number of hydrogen-bond donors (Lipinski definition) is 2. The van der Waals surface area contributed by atoms with Gasteiger partial charge in [-0.05, 0) is 68.8 Å². The molecule has 3 rings (SSSR count). The van der Waals surface area contributed by atoms with Crippen LogP contribution in [0.2, 0.25) is 5.02 Å². The van der Waals surface area contributed by atoms with Gasteiger partial charge < -0.3 is 10.6 Å². The van der Waals surface area contributed by atoms with Crippen LogP contribution in [-0.2, 0) is 16.0 Å². The molecule has 0 spiro atoms. The van der Waals surface area contributed by atoms with E-state index in [1.165, 1.54) is 6.92 Å². The highest BCUT2D eigenvalue weighted by molar-refractivity contribution is 6.30. The molecule has 0 radical (unpaired) electrons. The molecule has 29 heavy (non-hydrogen) atoms. The predicted octanol–water partition coefficient (Wildman–Crippen LogP) is 4.59. The summed E-state index contributed by atoms with van der Waals surface area (Å²) in [6.45, 7) is 7.19.